The number of carbonyl (C=O) groups excluding carboxylic acids is 3. The lowest BCUT2D eigenvalue weighted by Crippen LogP contribution is -2.53. The van der Waals surface area contributed by atoms with Gasteiger partial charge in [-0.05, 0) is 36.8 Å². The van der Waals surface area contributed by atoms with Crippen molar-refractivity contribution in [2.24, 2.45) is 0 Å². The average molecular weight is 604 g/mol. The average Bonchev–Trinajstić information content (AvgIpc) is 3.58. The van der Waals surface area contributed by atoms with Crippen molar-refractivity contribution >= 4 is 35.3 Å². The van der Waals surface area contributed by atoms with Gasteiger partial charge in [0, 0.05) is 44.1 Å². The van der Waals surface area contributed by atoms with Crippen molar-refractivity contribution in [3.63, 3.8) is 0 Å². The Morgan fingerprint density at radius 1 is 0.977 bits per heavy atom. The normalized spacial score (nSPS) is 18.5. The minimum absolute atomic E-state index is 0.00253. The van der Waals surface area contributed by atoms with Gasteiger partial charge in [0.25, 0.3) is 0 Å². The number of carbonyl (C=O) groups is 3. The molecule has 1 atom stereocenters. The number of hydrogen-bond acceptors (Lipinski definition) is 7. The molecule has 0 radical (unpaired) electrons. The van der Waals surface area contributed by atoms with E-state index in [1.807, 2.05) is 54.1 Å². The van der Waals surface area contributed by atoms with Gasteiger partial charge in [0.15, 0.2) is 11.5 Å². The first-order valence-electron chi connectivity index (χ1n) is 14.6. The Bertz CT molecular complexity index is 1570. The predicted molar refractivity (Wildman–Crippen MR) is 165 cm³/mol. The molecule has 0 aliphatic carbocycles. The van der Waals surface area contributed by atoms with Crippen LogP contribution < -0.4 is 14.4 Å². The zero-order chi connectivity index (χ0) is 30.5. The summed E-state index contributed by atoms with van der Waals surface area (Å²) in [4.78, 5) is 44.7. The van der Waals surface area contributed by atoms with Gasteiger partial charge in [0.2, 0.25) is 24.5 Å². The molecule has 43 heavy (non-hydrogen) atoms. The van der Waals surface area contributed by atoms with Gasteiger partial charge in [-0.2, -0.15) is 5.10 Å². The maximum absolute atomic E-state index is 14.0. The Kier molecular flexibility index (Phi) is 7.62. The van der Waals surface area contributed by atoms with E-state index in [1.54, 1.807) is 21.6 Å². The highest BCUT2D eigenvalue weighted by atomic mass is 32.2. The summed E-state index contributed by atoms with van der Waals surface area (Å²) in [5, 5.41) is 4.94. The van der Waals surface area contributed by atoms with Gasteiger partial charge < -0.3 is 19.3 Å². The number of benzene rings is 2. The minimum Gasteiger partial charge on any atom is -0.454 e. The molecule has 11 heteroatoms. The van der Waals surface area contributed by atoms with Gasteiger partial charge in [0.1, 0.15) is 12.4 Å². The van der Waals surface area contributed by atoms with Gasteiger partial charge in [-0.3, -0.25) is 19.3 Å². The lowest BCUT2D eigenvalue weighted by Gasteiger charge is -2.35. The third kappa shape index (κ3) is 5.58. The molecule has 0 saturated carbocycles. The monoisotopic (exact) mass is 603 g/mol. The number of fused-ring (bicyclic) bond motifs is 2. The van der Waals surface area contributed by atoms with Crippen LogP contribution in [0, 0.1) is 6.92 Å². The van der Waals surface area contributed by atoms with Crippen molar-refractivity contribution in [1.82, 2.24) is 19.6 Å². The van der Waals surface area contributed by atoms with Crippen molar-refractivity contribution in [1.29, 1.82) is 0 Å². The first-order chi connectivity index (χ1) is 20.5. The molecule has 3 aromatic rings. The molecule has 1 saturated heterocycles. The van der Waals surface area contributed by atoms with Gasteiger partial charge in [-0.1, -0.05) is 44.5 Å². The summed E-state index contributed by atoms with van der Waals surface area (Å²) >= 11 is 1.53. The third-order valence-electron chi connectivity index (χ3n) is 8.15. The van der Waals surface area contributed by atoms with Crippen molar-refractivity contribution in [3.05, 3.63) is 64.8 Å². The van der Waals surface area contributed by atoms with Gasteiger partial charge >= 0.3 is 0 Å². The number of rotatable bonds is 4. The molecule has 3 aliphatic rings. The molecular formula is C32H37N5O5S. The number of aromatic nitrogens is 2. The van der Waals surface area contributed by atoms with E-state index in [1.165, 1.54) is 11.8 Å². The minimum atomic E-state index is -0.360. The van der Waals surface area contributed by atoms with Crippen molar-refractivity contribution in [3.8, 4) is 17.2 Å². The molecule has 6 rings (SSSR count). The second kappa shape index (κ2) is 11.3. The number of piperazine rings is 1. The van der Waals surface area contributed by atoms with E-state index in [9.17, 15) is 14.4 Å². The predicted octanol–water partition coefficient (Wildman–Crippen LogP) is 4.07. The van der Waals surface area contributed by atoms with Crippen LogP contribution in [0.4, 0.5) is 5.82 Å². The van der Waals surface area contributed by atoms with E-state index in [-0.39, 0.29) is 47.5 Å². The molecule has 1 aromatic heterocycles. The summed E-state index contributed by atoms with van der Waals surface area (Å²) < 4.78 is 13.1. The molecule has 2 aromatic carbocycles. The fourth-order valence-electron chi connectivity index (χ4n) is 5.78. The van der Waals surface area contributed by atoms with Crippen LogP contribution in [0.1, 0.15) is 55.3 Å². The number of amides is 3. The van der Waals surface area contributed by atoms with Crippen LogP contribution in [0.3, 0.4) is 0 Å². The van der Waals surface area contributed by atoms with E-state index in [4.69, 9.17) is 14.6 Å². The maximum atomic E-state index is 14.0. The molecule has 10 nitrogen and oxygen atoms in total. The molecule has 3 amide bonds. The fourth-order valence-corrected chi connectivity index (χ4v) is 6.97. The highest BCUT2D eigenvalue weighted by Gasteiger charge is 2.41. The van der Waals surface area contributed by atoms with Crippen LogP contribution in [-0.2, 0) is 19.8 Å². The van der Waals surface area contributed by atoms with E-state index in [2.05, 4.69) is 20.8 Å². The van der Waals surface area contributed by atoms with Crippen molar-refractivity contribution < 1.29 is 23.9 Å². The number of aryl methyl sites for hydroxylation is 1. The van der Waals surface area contributed by atoms with Gasteiger partial charge in [-0.25, -0.2) is 4.68 Å². The summed E-state index contributed by atoms with van der Waals surface area (Å²) in [5.41, 5.74) is 4.32. The SMILES string of the molecule is CC(=O)N1CCN(C(=O)CN2C(=O)CS[C@H](c3ccc4c(c3)OCO4)c3c(C(C)(C)C)nn(-c4ccc(C)cc4)c32)CC1. The second-order valence-electron chi connectivity index (χ2n) is 12.3. The van der Waals surface area contributed by atoms with E-state index >= 15 is 0 Å². The first-order valence-corrected chi connectivity index (χ1v) is 15.6. The maximum Gasteiger partial charge on any atom is 0.242 e. The fraction of sp³-hybridized carbons (Fsp3) is 0.438. The Morgan fingerprint density at radius 3 is 2.33 bits per heavy atom. The van der Waals surface area contributed by atoms with E-state index in [0.29, 0.717) is 43.5 Å². The molecule has 4 heterocycles. The smallest absolute Gasteiger partial charge is 0.242 e. The summed E-state index contributed by atoms with van der Waals surface area (Å²) in [7, 11) is 0. The largest absolute Gasteiger partial charge is 0.454 e. The Hall–Kier alpha value is -3.99. The quantitative estimate of drug-likeness (QED) is 0.444. The highest BCUT2D eigenvalue weighted by Crippen LogP contribution is 2.50. The first kappa shape index (κ1) is 29.1. The molecule has 1 fully saturated rings. The van der Waals surface area contributed by atoms with Crippen molar-refractivity contribution in [2.75, 3.05) is 50.2 Å². The molecule has 226 valence electrons. The van der Waals surface area contributed by atoms with Crippen LogP contribution in [0.5, 0.6) is 11.5 Å². The lowest BCUT2D eigenvalue weighted by atomic mass is 9.87. The van der Waals surface area contributed by atoms with E-state index in [0.717, 1.165) is 28.1 Å². The second-order valence-corrected chi connectivity index (χ2v) is 13.3. The van der Waals surface area contributed by atoms with Crippen LogP contribution in [0.2, 0.25) is 0 Å². The topological polar surface area (TPSA) is 97.2 Å². The van der Waals surface area contributed by atoms with Crippen LogP contribution >= 0.6 is 11.8 Å². The zero-order valence-electron chi connectivity index (χ0n) is 25.3. The third-order valence-corrected chi connectivity index (χ3v) is 9.40. The number of anilines is 1. The summed E-state index contributed by atoms with van der Waals surface area (Å²) in [6.45, 7) is 11.8. The number of thioether (sulfide) groups is 1. The summed E-state index contributed by atoms with van der Waals surface area (Å²) in [6.07, 6.45) is 0. The molecule has 0 unspecified atom stereocenters. The zero-order valence-corrected chi connectivity index (χ0v) is 26.1. The van der Waals surface area contributed by atoms with Crippen molar-refractivity contribution in [2.45, 2.75) is 45.3 Å². The molecule has 0 bridgehead atoms. The van der Waals surface area contributed by atoms with E-state index < -0.39 is 0 Å². The number of hydrogen-bond donors (Lipinski definition) is 0. The Morgan fingerprint density at radius 2 is 1.65 bits per heavy atom. The summed E-state index contributed by atoms with van der Waals surface area (Å²) in [6, 6.07) is 13.9. The van der Waals surface area contributed by atoms with Gasteiger partial charge in [-0.15, -0.1) is 11.8 Å². The Labute approximate surface area is 255 Å². The molecular weight excluding hydrogens is 566 g/mol. The lowest BCUT2D eigenvalue weighted by molar-refractivity contribution is -0.137. The number of ether oxygens (including phenoxy) is 2. The molecule has 3 aliphatic heterocycles. The summed E-state index contributed by atoms with van der Waals surface area (Å²) in [5.74, 6) is 1.88. The van der Waals surface area contributed by atoms with Crippen LogP contribution in [0.15, 0.2) is 42.5 Å². The van der Waals surface area contributed by atoms with Crippen LogP contribution in [-0.4, -0.2) is 82.6 Å². The standard InChI is InChI=1S/C32H37N5O5S/c1-20-6-9-23(10-7-20)37-31-28(30(33-37)32(3,4)5)29(22-8-11-24-25(16-22)42-19-41-24)43-18-27(40)36(31)17-26(39)35-14-12-34(13-15-35)21(2)38/h6-11,16,29H,12-15,17-19H2,1-5H3/t29-/m1/s1. The van der Waals surface area contributed by atoms with Crippen LogP contribution in [0.25, 0.3) is 5.69 Å². The Balaban J connectivity index is 1.48. The molecule has 0 spiro atoms. The highest BCUT2D eigenvalue weighted by molar-refractivity contribution is 8.00. The van der Waals surface area contributed by atoms with Gasteiger partial charge in [0.05, 0.1) is 22.4 Å². The molecule has 0 N–H and O–H groups in total. The number of nitrogens with zero attached hydrogens (tertiary/aromatic N) is 5.